The van der Waals surface area contributed by atoms with Crippen LogP contribution in [0.2, 0.25) is 0 Å². The maximum atomic E-state index is 13.0. The van der Waals surface area contributed by atoms with Crippen molar-refractivity contribution in [2.45, 2.75) is 51.2 Å². The first-order chi connectivity index (χ1) is 16.7. The molecule has 2 aliphatic heterocycles. The van der Waals surface area contributed by atoms with E-state index in [4.69, 9.17) is 14.7 Å². The van der Waals surface area contributed by atoms with Crippen LogP contribution in [0.5, 0.6) is 0 Å². The summed E-state index contributed by atoms with van der Waals surface area (Å²) in [6, 6.07) is 1.97. The summed E-state index contributed by atoms with van der Waals surface area (Å²) in [4.78, 5) is 38.9. The number of hydroxylamine groups is 2. The summed E-state index contributed by atoms with van der Waals surface area (Å²) in [5, 5.41) is 8.65. The lowest BCUT2D eigenvalue weighted by Crippen LogP contribution is -2.36. The molecule has 35 heavy (non-hydrogen) atoms. The molecule has 0 spiro atoms. The maximum absolute atomic E-state index is 13.0. The molecule has 5 rings (SSSR count). The number of carboxylic acid groups (broad SMARTS) is 1. The molecule has 2 aromatic rings. The summed E-state index contributed by atoms with van der Waals surface area (Å²) in [5.41, 5.74) is 2.65. The fourth-order valence-corrected chi connectivity index (χ4v) is 4.01. The van der Waals surface area contributed by atoms with E-state index in [-0.39, 0.29) is 5.91 Å². The predicted molar refractivity (Wildman–Crippen MR) is 120 cm³/mol. The first-order valence-corrected chi connectivity index (χ1v) is 11.7. The molecular formula is C23H28F3N5O4. The summed E-state index contributed by atoms with van der Waals surface area (Å²) in [6.45, 7) is 4.24. The van der Waals surface area contributed by atoms with E-state index in [1.807, 2.05) is 18.5 Å². The van der Waals surface area contributed by atoms with Crippen LogP contribution in [0.4, 0.5) is 19.1 Å². The highest BCUT2D eigenvalue weighted by Gasteiger charge is 2.38. The third-order valence-corrected chi connectivity index (χ3v) is 6.10. The van der Waals surface area contributed by atoms with Crippen LogP contribution in [-0.4, -0.2) is 69.0 Å². The maximum Gasteiger partial charge on any atom is 0.490 e. The topological polar surface area (TPSA) is 101 Å². The normalized spacial score (nSPS) is 18.3. The number of halogens is 3. The number of amides is 1. The van der Waals surface area contributed by atoms with Gasteiger partial charge in [0, 0.05) is 55.9 Å². The average Bonchev–Trinajstić information content (AvgIpc) is 3.32. The Bertz CT molecular complexity index is 1020. The van der Waals surface area contributed by atoms with Crippen LogP contribution < -0.4 is 4.90 Å². The molecule has 0 radical (unpaired) electrons. The summed E-state index contributed by atoms with van der Waals surface area (Å²) in [7, 11) is 0. The van der Waals surface area contributed by atoms with Gasteiger partial charge in [-0.15, -0.1) is 0 Å². The third kappa shape index (κ3) is 6.50. The number of aliphatic carboxylic acids is 1. The zero-order valence-electron chi connectivity index (χ0n) is 19.2. The van der Waals surface area contributed by atoms with Gasteiger partial charge >= 0.3 is 12.1 Å². The van der Waals surface area contributed by atoms with Crippen LogP contribution in [0.1, 0.15) is 49.0 Å². The van der Waals surface area contributed by atoms with E-state index >= 15 is 0 Å². The van der Waals surface area contributed by atoms with Crippen molar-refractivity contribution in [3.63, 3.8) is 0 Å². The number of aromatic nitrogens is 3. The van der Waals surface area contributed by atoms with Gasteiger partial charge in [0.05, 0.1) is 6.61 Å². The molecule has 0 unspecified atom stereocenters. The Hall–Kier alpha value is -3.15. The van der Waals surface area contributed by atoms with Crippen LogP contribution >= 0.6 is 0 Å². The number of alkyl halides is 3. The summed E-state index contributed by atoms with van der Waals surface area (Å²) in [6.07, 6.45) is 7.66. The summed E-state index contributed by atoms with van der Waals surface area (Å²) in [5.74, 6) is -1.31. The molecule has 0 bridgehead atoms. The minimum Gasteiger partial charge on any atom is -0.475 e. The molecule has 1 aliphatic carbocycles. The molecule has 190 valence electrons. The Morgan fingerprint density at radius 3 is 2.20 bits per heavy atom. The number of hydrogen-bond donors (Lipinski definition) is 1. The van der Waals surface area contributed by atoms with E-state index in [0.717, 1.165) is 49.6 Å². The number of hydrogen-bond acceptors (Lipinski definition) is 6. The fraction of sp³-hybridized carbons (Fsp3) is 0.565. The number of rotatable bonds is 5. The molecule has 2 saturated heterocycles. The van der Waals surface area contributed by atoms with Crippen LogP contribution in [0.3, 0.4) is 0 Å². The average molecular weight is 496 g/mol. The molecule has 0 atom stereocenters. The van der Waals surface area contributed by atoms with E-state index in [1.54, 1.807) is 0 Å². The van der Waals surface area contributed by atoms with Gasteiger partial charge in [0.2, 0.25) is 5.95 Å². The van der Waals surface area contributed by atoms with Crippen molar-refractivity contribution >= 4 is 17.8 Å². The van der Waals surface area contributed by atoms with Gasteiger partial charge in [0.15, 0.2) is 0 Å². The minimum absolute atomic E-state index is 0.0406. The minimum atomic E-state index is -5.08. The fourth-order valence-electron chi connectivity index (χ4n) is 4.01. The SMILES string of the molecule is O=C(O)C(F)(F)F.O=C(c1cc(-c2cnc(N3CCCC3)nc2)cn1CC1CC1)N1CCCCO1. The van der Waals surface area contributed by atoms with Crippen molar-refractivity contribution in [1.82, 2.24) is 19.6 Å². The Morgan fingerprint density at radius 1 is 1.03 bits per heavy atom. The van der Waals surface area contributed by atoms with Gasteiger partial charge in [-0.3, -0.25) is 9.63 Å². The molecule has 3 fully saturated rings. The Morgan fingerprint density at radius 2 is 1.66 bits per heavy atom. The van der Waals surface area contributed by atoms with E-state index in [9.17, 15) is 18.0 Å². The highest BCUT2D eigenvalue weighted by molar-refractivity contribution is 5.93. The van der Waals surface area contributed by atoms with Gasteiger partial charge in [0.25, 0.3) is 5.91 Å². The molecule has 9 nitrogen and oxygen atoms in total. The molecule has 0 aromatic carbocycles. The monoisotopic (exact) mass is 495 g/mol. The lowest BCUT2D eigenvalue weighted by Gasteiger charge is -2.26. The van der Waals surface area contributed by atoms with E-state index in [0.29, 0.717) is 24.8 Å². The Balaban J connectivity index is 0.000000364. The van der Waals surface area contributed by atoms with Gasteiger partial charge in [-0.05, 0) is 50.5 Å². The highest BCUT2D eigenvalue weighted by atomic mass is 19.4. The molecule has 12 heteroatoms. The van der Waals surface area contributed by atoms with E-state index < -0.39 is 12.1 Å². The number of anilines is 1. The summed E-state index contributed by atoms with van der Waals surface area (Å²) < 4.78 is 33.8. The first kappa shape index (κ1) is 25.0. The van der Waals surface area contributed by atoms with Crippen molar-refractivity contribution < 1.29 is 32.7 Å². The second-order valence-electron chi connectivity index (χ2n) is 8.93. The van der Waals surface area contributed by atoms with Gasteiger partial charge < -0.3 is 14.6 Å². The molecule has 4 heterocycles. The van der Waals surface area contributed by atoms with Crippen molar-refractivity contribution in [3.05, 3.63) is 30.4 Å². The molecule has 1 amide bonds. The lowest BCUT2D eigenvalue weighted by molar-refractivity contribution is -0.192. The van der Waals surface area contributed by atoms with E-state index in [2.05, 4.69) is 25.6 Å². The highest BCUT2D eigenvalue weighted by Crippen LogP contribution is 2.33. The molecular weight excluding hydrogens is 467 g/mol. The predicted octanol–water partition coefficient (Wildman–Crippen LogP) is 3.76. The molecule has 3 aliphatic rings. The Kier molecular flexibility index (Phi) is 7.58. The first-order valence-electron chi connectivity index (χ1n) is 11.7. The molecule has 1 saturated carbocycles. The number of carbonyl (C=O) groups is 2. The largest absolute Gasteiger partial charge is 0.490 e. The second kappa shape index (κ2) is 10.6. The zero-order valence-corrected chi connectivity index (χ0v) is 19.2. The molecule has 1 N–H and O–H groups in total. The number of carbonyl (C=O) groups excluding carboxylic acids is 1. The summed E-state index contributed by atoms with van der Waals surface area (Å²) >= 11 is 0. The van der Waals surface area contributed by atoms with Crippen LogP contribution in [0, 0.1) is 5.92 Å². The Labute approximate surface area is 200 Å². The number of nitrogens with zero attached hydrogens (tertiary/aromatic N) is 5. The van der Waals surface area contributed by atoms with Crippen LogP contribution in [-0.2, 0) is 16.2 Å². The van der Waals surface area contributed by atoms with Crippen molar-refractivity contribution in [2.75, 3.05) is 31.1 Å². The number of carboxylic acids is 1. The quantitative estimate of drug-likeness (QED) is 0.674. The van der Waals surface area contributed by atoms with Crippen molar-refractivity contribution in [1.29, 1.82) is 0 Å². The van der Waals surface area contributed by atoms with E-state index in [1.165, 1.54) is 30.7 Å². The van der Waals surface area contributed by atoms with Crippen molar-refractivity contribution in [2.24, 2.45) is 5.92 Å². The smallest absolute Gasteiger partial charge is 0.475 e. The van der Waals surface area contributed by atoms with Gasteiger partial charge in [0.1, 0.15) is 5.69 Å². The van der Waals surface area contributed by atoms with Gasteiger partial charge in [-0.1, -0.05) is 0 Å². The van der Waals surface area contributed by atoms with Crippen LogP contribution in [0.15, 0.2) is 24.7 Å². The van der Waals surface area contributed by atoms with Gasteiger partial charge in [-0.2, -0.15) is 13.2 Å². The van der Waals surface area contributed by atoms with Crippen molar-refractivity contribution in [3.8, 4) is 11.1 Å². The lowest BCUT2D eigenvalue weighted by atomic mass is 10.2. The standard InChI is InChI=1S/C21H27N5O2.C2HF3O2/c27-20(26-9-3-4-10-28-26)19-11-17(15-25(19)14-16-5-6-16)18-12-22-21(23-13-18)24-7-1-2-8-24;3-2(4,5)1(6)7/h11-13,15-16H,1-10,14H2;(H,6,7). The third-order valence-electron chi connectivity index (χ3n) is 6.10. The van der Waals surface area contributed by atoms with Gasteiger partial charge in [-0.25, -0.2) is 19.8 Å². The molecule has 2 aromatic heterocycles. The zero-order chi connectivity index (χ0) is 25.0. The van der Waals surface area contributed by atoms with Crippen LogP contribution in [0.25, 0.3) is 11.1 Å². The second-order valence-corrected chi connectivity index (χ2v) is 8.93.